The second-order valence-electron chi connectivity index (χ2n) is 6.42. The summed E-state index contributed by atoms with van der Waals surface area (Å²) in [5.74, 6) is 1.20. The van der Waals surface area contributed by atoms with Crippen molar-refractivity contribution in [1.82, 2.24) is 0 Å². The van der Waals surface area contributed by atoms with Crippen molar-refractivity contribution in [3.63, 3.8) is 0 Å². The molecular formula is C16H23BrFN. The summed E-state index contributed by atoms with van der Waals surface area (Å²) in [4.78, 5) is 0. The molecule has 1 nitrogen and oxygen atoms in total. The Kier molecular flexibility index (Phi) is 4.67. The van der Waals surface area contributed by atoms with Crippen LogP contribution in [0.3, 0.4) is 0 Å². The van der Waals surface area contributed by atoms with E-state index in [1.807, 2.05) is 6.07 Å². The van der Waals surface area contributed by atoms with Crippen LogP contribution in [-0.4, -0.2) is 5.54 Å². The summed E-state index contributed by atoms with van der Waals surface area (Å²) in [5.41, 5.74) is 7.41. The van der Waals surface area contributed by atoms with E-state index in [1.165, 1.54) is 18.9 Å². The average molecular weight is 328 g/mol. The van der Waals surface area contributed by atoms with Crippen LogP contribution in [0.2, 0.25) is 0 Å². The minimum Gasteiger partial charge on any atom is -0.325 e. The van der Waals surface area contributed by atoms with Gasteiger partial charge in [0, 0.05) is 10.0 Å². The van der Waals surface area contributed by atoms with E-state index in [2.05, 4.69) is 29.8 Å². The van der Waals surface area contributed by atoms with Crippen LogP contribution in [0.15, 0.2) is 22.7 Å². The van der Waals surface area contributed by atoms with Crippen molar-refractivity contribution in [1.29, 1.82) is 0 Å². The Morgan fingerprint density at radius 3 is 2.79 bits per heavy atom. The predicted molar refractivity (Wildman–Crippen MR) is 81.5 cm³/mol. The summed E-state index contributed by atoms with van der Waals surface area (Å²) in [7, 11) is 0. The molecule has 0 amide bonds. The van der Waals surface area contributed by atoms with E-state index in [9.17, 15) is 4.39 Å². The van der Waals surface area contributed by atoms with Gasteiger partial charge in [-0.1, -0.05) is 42.6 Å². The lowest BCUT2D eigenvalue weighted by molar-refractivity contribution is 0.182. The quantitative estimate of drug-likeness (QED) is 0.857. The number of benzene rings is 1. The normalized spacial score (nSPS) is 27.8. The molecule has 1 aromatic carbocycles. The highest BCUT2D eigenvalue weighted by atomic mass is 79.9. The SMILES string of the molecule is CC(C)C1CCCC(N)(Cc2cc(F)cc(Br)c2)C1. The molecular weight excluding hydrogens is 305 g/mol. The summed E-state index contributed by atoms with van der Waals surface area (Å²) < 4.78 is 14.2. The molecule has 1 aliphatic rings. The van der Waals surface area contributed by atoms with Gasteiger partial charge in [0.25, 0.3) is 0 Å². The van der Waals surface area contributed by atoms with Crippen LogP contribution >= 0.6 is 15.9 Å². The van der Waals surface area contributed by atoms with Gasteiger partial charge in [0.1, 0.15) is 5.82 Å². The Balaban J connectivity index is 2.12. The van der Waals surface area contributed by atoms with Crippen LogP contribution in [-0.2, 0) is 6.42 Å². The lowest BCUT2D eigenvalue weighted by Gasteiger charge is -2.40. The number of halogens is 2. The molecule has 0 aromatic heterocycles. The molecule has 2 unspecified atom stereocenters. The van der Waals surface area contributed by atoms with Gasteiger partial charge in [0.2, 0.25) is 0 Å². The van der Waals surface area contributed by atoms with E-state index in [-0.39, 0.29) is 11.4 Å². The fourth-order valence-corrected chi connectivity index (χ4v) is 3.80. The second kappa shape index (κ2) is 5.92. The molecule has 0 radical (unpaired) electrons. The lowest BCUT2D eigenvalue weighted by atomic mass is 9.70. The molecule has 0 spiro atoms. The molecule has 0 aliphatic heterocycles. The minimum absolute atomic E-state index is 0.166. The molecule has 1 fully saturated rings. The Morgan fingerprint density at radius 1 is 1.42 bits per heavy atom. The van der Waals surface area contributed by atoms with E-state index in [4.69, 9.17) is 5.73 Å². The fraction of sp³-hybridized carbons (Fsp3) is 0.625. The molecule has 19 heavy (non-hydrogen) atoms. The summed E-state index contributed by atoms with van der Waals surface area (Å²) in [6.45, 7) is 4.55. The first-order chi connectivity index (χ1) is 8.88. The standard InChI is InChI=1S/C16H23BrFN/c1-11(2)13-4-3-5-16(19,10-13)9-12-6-14(17)8-15(18)7-12/h6-8,11,13H,3-5,9-10,19H2,1-2H3. The highest BCUT2D eigenvalue weighted by Crippen LogP contribution is 2.37. The number of rotatable bonds is 3. The molecule has 106 valence electrons. The first kappa shape index (κ1) is 15.0. The summed E-state index contributed by atoms with van der Waals surface area (Å²) >= 11 is 3.35. The third-order valence-electron chi connectivity index (χ3n) is 4.34. The molecule has 1 saturated carbocycles. The summed E-state index contributed by atoms with van der Waals surface area (Å²) in [6.07, 6.45) is 5.34. The Morgan fingerprint density at radius 2 is 2.16 bits per heavy atom. The second-order valence-corrected chi connectivity index (χ2v) is 7.33. The largest absolute Gasteiger partial charge is 0.325 e. The van der Waals surface area contributed by atoms with Crippen LogP contribution in [0, 0.1) is 17.7 Å². The van der Waals surface area contributed by atoms with Crippen molar-refractivity contribution in [2.45, 2.75) is 51.5 Å². The summed E-state index contributed by atoms with van der Waals surface area (Å²) in [5, 5.41) is 0. The van der Waals surface area contributed by atoms with Gasteiger partial charge in [-0.15, -0.1) is 0 Å². The zero-order valence-electron chi connectivity index (χ0n) is 11.8. The van der Waals surface area contributed by atoms with Gasteiger partial charge in [-0.3, -0.25) is 0 Å². The fourth-order valence-electron chi connectivity index (χ4n) is 3.29. The van der Waals surface area contributed by atoms with E-state index in [0.717, 1.165) is 29.3 Å². The molecule has 1 aromatic rings. The van der Waals surface area contributed by atoms with E-state index >= 15 is 0 Å². The van der Waals surface area contributed by atoms with Gasteiger partial charge in [-0.25, -0.2) is 4.39 Å². The van der Waals surface area contributed by atoms with E-state index in [1.54, 1.807) is 6.07 Å². The number of hydrogen-bond donors (Lipinski definition) is 1. The van der Waals surface area contributed by atoms with Gasteiger partial charge in [0.15, 0.2) is 0 Å². The Hall–Kier alpha value is -0.410. The molecule has 1 aliphatic carbocycles. The molecule has 2 rings (SSSR count). The topological polar surface area (TPSA) is 26.0 Å². The van der Waals surface area contributed by atoms with Crippen molar-refractivity contribution < 1.29 is 4.39 Å². The van der Waals surface area contributed by atoms with Gasteiger partial charge < -0.3 is 5.73 Å². The maximum atomic E-state index is 13.4. The number of nitrogens with two attached hydrogens (primary N) is 1. The van der Waals surface area contributed by atoms with Crippen molar-refractivity contribution in [3.8, 4) is 0 Å². The smallest absolute Gasteiger partial charge is 0.124 e. The Bertz CT molecular complexity index is 426. The highest BCUT2D eigenvalue weighted by molar-refractivity contribution is 9.10. The van der Waals surface area contributed by atoms with Gasteiger partial charge in [-0.2, -0.15) is 0 Å². The Labute approximate surface area is 123 Å². The third kappa shape index (κ3) is 4.03. The predicted octanol–water partition coefficient (Wildman–Crippen LogP) is 4.67. The molecule has 2 N–H and O–H groups in total. The van der Waals surface area contributed by atoms with Crippen LogP contribution in [0.1, 0.15) is 45.1 Å². The first-order valence-electron chi connectivity index (χ1n) is 7.12. The van der Waals surface area contributed by atoms with Crippen LogP contribution < -0.4 is 5.73 Å². The highest BCUT2D eigenvalue weighted by Gasteiger charge is 2.34. The van der Waals surface area contributed by atoms with Crippen LogP contribution in [0.5, 0.6) is 0 Å². The van der Waals surface area contributed by atoms with Gasteiger partial charge in [-0.05, 0) is 54.9 Å². The van der Waals surface area contributed by atoms with Gasteiger partial charge >= 0.3 is 0 Å². The van der Waals surface area contributed by atoms with E-state index < -0.39 is 0 Å². The molecule has 0 saturated heterocycles. The van der Waals surface area contributed by atoms with Crippen LogP contribution in [0.4, 0.5) is 4.39 Å². The third-order valence-corrected chi connectivity index (χ3v) is 4.80. The average Bonchev–Trinajstić information content (AvgIpc) is 2.26. The molecule has 0 bridgehead atoms. The van der Waals surface area contributed by atoms with Crippen molar-refractivity contribution >= 4 is 15.9 Å². The zero-order valence-corrected chi connectivity index (χ0v) is 13.3. The maximum absolute atomic E-state index is 13.4. The molecule has 2 atom stereocenters. The van der Waals surface area contributed by atoms with Crippen molar-refractivity contribution in [2.75, 3.05) is 0 Å². The molecule has 3 heteroatoms. The van der Waals surface area contributed by atoms with Crippen LogP contribution in [0.25, 0.3) is 0 Å². The first-order valence-corrected chi connectivity index (χ1v) is 7.91. The van der Waals surface area contributed by atoms with Gasteiger partial charge in [0.05, 0.1) is 0 Å². The summed E-state index contributed by atoms with van der Waals surface area (Å²) in [6, 6.07) is 5.08. The lowest BCUT2D eigenvalue weighted by Crippen LogP contribution is -2.47. The van der Waals surface area contributed by atoms with Crippen molar-refractivity contribution in [2.24, 2.45) is 17.6 Å². The maximum Gasteiger partial charge on any atom is 0.124 e. The zero-order chi connectivity index (χ0) is 14.0. The number of hydrogen-bond acceptors (Lipinski definition) is 1. The van der Waals surface area contributed by atoms with Crippen molar-refractivity contribution in [3.05, 3.63) is 34.1 Å². The van der Waals surface area contributed by atoms with E-state index in [0.29, 0.717) is 11.8 Å². The minimum atomic E-state index is -0.191. The monoisotopic (exact) mass is 327 g/mol. The molecule has 0 heterocycles.